The highest BCUT2D eigenvalue weighted by Crippen LogP contribution is 2.31. The third-order valence-corrected chi connectivity index (χ3v) is 7.63. The van der Waals surface area contributed by atoms with E-state index in [0.29, 0.717) is 17.0 Å². The van der Waals surface area contributed by atoms with Gasteiger partial charge in [-0.15, -0.1) is 11.3 Å². The van der Waals surface area contributed by atoms with Crippen molar-refractivity contribution in [1.82, 2.24) is 10.3 Å². The molecule has 0 radical (unpaired) electrons. The zero-order valence-corrected chi connectivity index (χ0v) is 16.5. The molecule has 5 nitrogen and oxygen atoms in total. The Morgan fingerprint density at radius 2 is 2.00 bits per heavy atom. The molecular formula is C18H22N2O3S2. The van der Waals surface area contributed by atoms with Crippen molar-refractivity contribution in [3.8, 4) is 10.6 Å². The lowest BCUT2D eigenvalue weighted by atomic mass is 10.0. The molecule has 0 saturated carbocycles. The molecule has 3 rings (SSSR count). The Bertz CT molecular complexity index is 947. The highest BCUT2D eigenvalue weighted by molar-refractivity contribution is 7.91. The summed E-state index contributed by atoms with van der Waals surface area (Å²) in [6.45, 7) is 7.67. The van der Waals surface area contributed by atoms with Gasteiger partial charge >= 0.3 is 0 Å². The van der Waals surface area contributed by atoms with E-state index in [-0.39, 0.29) is 17.4 Å². The van der Waals surface area contributed by atoms with Gasteiger partial charge in [0.15, 0.2) is 9.84 Å². The molecule has 1 aliphatic rings. The molecule has 0 bridgehead atoms. The van der Waals surface area contributed by atoms with Gasteiger partial charge in [0.05, 0.1) is 22.7 Å². The smallest absolute Gasteiger partial charge is 0.263 e. The Morgan fingerprint density at radius 3 is 2.60 bits per heavy atom. The fraction of sp³-hybridized carbons (Fsp3) is 0.444. The molecule has 134 valence electrons. The fourth-order valence-electron chi connectivity index (χ4n) is 3.22. The lowest BCUT2D eigenvalue weighted by Crippen LogP contribution is -2.46. The van der Waals surface area contributed by atoms with Crippen molar-refractivity contribution in [2.24, 2.45) is 0 Å². The molecule has 2 aromatic rings. The van der Waals surface area contributed by atoms with Crippen molar-refractivity contribution in [2.45, 2.75) is 39.7 Å². The van der Waals surface area contributed by atoms with Gasteiger partial charge in [-0.3, -0.25) is 4.79 Å². The van der Waals surface area contributed by atoms with Gasteiger partial charge in [-0.2, -0.15) is 0 Å². The van der Waals surface area contributed by atoms with E-state index < -0.39 is 15.4 Å². The van der Waals surface area contributed by atoms with E-state index in [1.807, 2.05) is 32.9 Å². The summed E-state index contributed by atoms with van der Waals surface area (Å²) in [6, 6.07) is 6.15. The summed E-state index contributed by atoms with van der Waals surface area (Å²) >= 11 is 1.35. The Kier molecular flexibility index (Phi) is 4.49. The summed E-state index contributed by atoms with van der Waals surface area (Å²) in [5.74, 6) is -0.127. The fourth-order valence-corrected chi connectivity index (χ4v) is 6.36. The number of aromatic nitrogens is 1. The average molecular weight is 379 g/mol. The van der Waals surface area contributed by atoms with E-state index in [4.69, 9.17) is 0 Å². The van der Waals surface area contributed by atoms with Crippen LogP contribution in [0.5, 0.6) is 0 Å². The van der Waals surface area contributed by atoms with Crippen molar-refractivity contribution in [1.29, 1.82) is 0 Å². The maximum atomic E-state index is 12.7. The Labute approximate surface area is 152 Å². The van der Waals surface area contributed by atoms with E-state index >= 15 is 0 Å². The predicted octanol–water partition coefficient (Wildman–Crippen LogP) is 3.04. The van der Waals surface area contributed by atoms with Crippen LogP contribution in [0, 0.1) is 20.8 Å². The van der Waals surface area contributed by atoms with Crippen LogP contribution in [-0.4, -0.2) is 36.4 Å². The van der Waals surface area contributed by atoms with Gasteiger partial charge in [0.25, 0.3) is 5.91 Å². The number of nitrogens with one attached hydrogen (secondary N) is 1. The monoisotopic (exact) mass is 378 g/mol. The molecule has 1 N–H and O–H groups in total. The second-order valence-corrected chi connectivity index (χ2v) is 10.3. The molecule has 1 aromatic heterocycles. The maximum Gasteiger partial charge on any atom is 0.263 e. The van der Waals surface area contributed by atoms with Gasteiger partial charge in [0, 0.05) is 5.56 Å². The molecule has 0 aliphatic carbocycles. The second kappa shape index (κ2) is 6.21. The van der Waals surface area contributed by atoms with Crippen molar-refractivity contribution in [3.63, 3.8) is 0 Å². The van der Waals surface area contributed by atoms with Crippen LogP contribution in [0.1, 0.15) is 39.8 Å². The number of hydrogen-bond acceptors (Lipinski definition) is 5. The third-order valence-electron chi connectivity index (χ3n) is 4.53. The van der Waals surface area contributed by atoms with Crippen molar-refractivity contribution >= 4 is 27.1 Å². The van der Waals surface area contributed by atoms with Crippen LogP contribution in [0.15, 0.2) is 18.2 Å². The molecule has 25 heavy (non-hydrogen) atoms. The summed E-state index contributed by atoms with van der Waals surface area (Å²) in [5, 5.41) is 3.72. The molecule has 1 amide bonds. The molecule has 1 aromatic carbocycles. The highest BCUT2D eigenvalue weighted by atomic mass is 32.2. The van der Waals surface area contributed by atoms with Gasteiger partial charge in [0.2, 0.25) is 0 Å². The normalized spacial score (nSPS) is 22.1. The second-order valence-electron chi connectivity index (χ2n) is 7.11. The summed E-state index contributed by atoms with van der Waals surface area (Å²) < 4.78 is 23.4. The summed E-state index contributed by atoms with van der Waals surface area (Å²) in [4.78, 5) is 17.8. The van der Waals surface area contributed by atoms with E-state index in [1.54, 1.807) is 6.92 Å². The number of amides is 1. The maximum absolute atomic E-state index is 12.7. The average Bonchev–Trinajstić information content (AvgIpc) is 2.98. The number of sulfone groups is 1. The van der Waals surface area contributed by atoms with E-state index in [2.05, 4.69) is 16.4 Å². The first kappa shape index (κ1) is 18.1. The number of nitrogens with zero attached hydrogens (tertiary/aromatic N) is 1. The van der Waals surface area contributed by atoms with Crippen LogP contribution in [0.25, 0.3) is 10.6 Å². The van der Waals surface area contributed by atoms with Gasteiger partial charge in [-0.25, -0.2) is 13.4 Å². The largest absolute Gasteiger partial charge is 0.345 e. The highest BCUT2D eigenvalue weighted by Gasteiger charge is 2.40. The zero-order chi connectivity index (χ0) is 18.4. The lowest BCUT2D eigenvalue weighted by Gasteiger charge is -2.23. The third kappa shape index (κ3) is 3.77. The first-order valence-corrected chi connectivity index (χ1v) is 10.8. The molecule has 2 heterocycles. The van der Waals surface area contributed by atoms with Gasteiger partial charge in [-0.05, 0) is 39.7 Å². The van der Waals surface area contributed by atoms with E-state index in [0.717, 1.165) is 16.1 Å². The topological polar surface area (TPSA) is 76.1 Å². The SMILES string of the molecule is Cc1ccc(-c2nc(C)c(C(=O)N[C@]3(C)CCS(=O)(=O)C3)s2)c(C)c1. The van der Waals surface area contributed by atoms with Crippen molar-refractivity contribution in [3.05, 3.63) is 39.9 Å². The molecule has 0 spiro atoms. The molecule has 1 saturated heterocycles. The minimum absolute atomic E-state index is 0.00643. The number of carbonyl (C=O) groups excluding carboxylic acids is 1. The number of hydrogen-bond donors (Lipinski definition) is 1. The molecule has 0 unspecified atom stereocenters. The van der Waals surface area contributed by atoms with Crippen LogP contribution in [0.2, 0.25) is 0 Å². The quantitative estimate of drug-likeness (QED) is 0.891. The zero-order valence-electron chi connectivity index (χ0n) is 14.8. The van der Waals surface area contributed by atoms with Crippen LogP contribution in [0.3, 0.4) is 0 Å². The van der Waals surface area contributed by atoms with Crippen molar-refractivity contribution in [2.75, 3.05) is 11.5 Å². The Morgan fingerprint density at radius 1 is 1.28 bits per heavy atom. The van der Waals surface area contributed by atoms with Crippen molar-refractivity contribution < 1.29 is 13.2 Å². The Balaban J connectivity index is 1.86. The van der Waals surface area contributed by atoms with Gasteiger partial charge in [-0.1, -0.05) is 23.8 Å². The minimum atomic E-state index is -3.07. The number of aryl methyl sites for hydroxylation is 3. The molecular weight excluding hydrogens is 356 g/mol. The van der Waals surface area contributed by atoms with Crippen LogP contribution in [0.4, 0.5) is 0 Å². The lowest BCUT2D eigenvalue weighted by molar-refractivity contribution is 0.0919. The first-order chi connectivity index (χ1) is 11.6. The first-order valence-electron chi connectivity index (χ1n) is 8.17. The van der Waals surface area contributed by atoms with E-state index in [1.165, 1.54) is 16.9 Å². The van der Waals surface area contributed by atoms with Gasteiger partial charge < -0.3 is 5.32 Å². The minimum Gasteiger partial charge on any atom is -0.345 e. The standard InChI is InChI=1S/C18H22N2O3S2/c1-11-5-6-14(12(2)9-11)17-19-13(3)15(24-17)16(21)20-18(4)7-8-25(22,23)10-18/h5-6,9H,7-8,10H2,1-4H3,(H,20,21)/t18-/m1/s1. The number of thiazole rings is 1. The number of rotatable bonds is 3. The Hall–Kier alpha value is -1.73. The number of benzene rings is 1. The molecule has 7 heteroatoms. The van der Waals surface area contributed by atoms with Crippen LogP contribution in [-0.2, 0) is 9.84 Å². The predicted molar refractivity (Wildman–Crippen MR) is 101 cm³/mol. The summed E-state index contributed by atoms with van der Waals surface area (Å²) in [5.41, 5.74) is 3.29. The number of carbonyl (C=O) groups is 1. The van der Waals surface area contributed by atoms with Crippen LogP contribution >= 0.6 is 11.3 Å². The van der Waals surface area contributed by atoms with Crippen LogP contribution < -0.4 is 5.32 Å². The van der Waals surface area contributed by atoms with Gasteiger partial charge in [0.1, 0.15) is 9.88 Å². The summed E-state index contributed by atoms with van der Waals surface area (Å²) in [7, 11) is -3.07. The summed E-state index contributed by atoms with van der Waals surface area (Å²) in [6.07, 6.45) is 0.447. The molecule has 1 aliphatic heterocycles. The molecule has 1 atom stereocenters. The molecule has 1 fully saturated rings. The van der Waals surface area contributed by atoms with E-state index in [9.17, 15) is 13.2 Å².